The van der Waals surface area contributed by atoms with Crippen LogP contribution in [0.4, 0.5) is 0 Å². The first-order valence-corrected chi connectivity index (χ1v) is 11.7. The van der Waals surface area contributed by atoms with Crippen molar-refractivity contribution in [2.45, 2.75) is 11.4 Å². The van der Waals surface area contributed by atoms with E-state index in [1.54, 1.807) is 21.3 Å². The molecule has 176 valence electrons. The van der Waals surface area contributed by atoms with Crippen molar-refractivity contribution in [1.29, 1.82) is 0 Å². The highest BCUT2D eigenvalue weighted by Crippen LogP contribution is 2.32. The third-order valence-electron chi connectivity index (χ3n) is 5.35. The summed E-state index contributed by atoms with van der Waals surface area (Å²) in [4.78, 5) is 24.5. The molecule has 0 aliphatic heterocycles. The van der Waals surface area contributed by atoms with Crippen LogP contribution in [0.1, 0.15) is 5.56 Å². The number of thioether (sulfide) groups is 1. The van der Waals surface area contributed by atoms with Crippen LogP contribution in [0.2, 0.25) is 0 Å². The molecule has 2 N–H and O–H groups in total. The van der Waals surface area contributed by atoms with Crippen molar-refractivity contribution >= 4 is 28.7 Å². The molecule has 0 unspecified atom stereocenters. The zero-order valence-corrected chi connectivity index (χ0v) is 20.1. The molecule has 4 aromatic rings. The molecule has 4 rings (SSSR count). The van der Waals surface area contributed by atoms with Gasteiger partial charge in [-0.1, -0.05) is 30.0 Å². The maximum absolute atomic E-state index is 12.4. The highest BCUT2D eigenvalue weighted by atomic mass is 32.2. The van der Waals surface area contributed by atoms with Gasteiger partial charge in [0.1, 0.15) is 22.6 Å². The molecule has 2 aromatic carbocycles. The molecule has 0 saturated heterocycles. The number of hydrogen-bond donors (Lipinski definition) is 2. The number of nitrogens with one attached hydrogen (secondary N) is 2. The fourth-order valence-electron chi connectivity index (χ4n) is 3.58. The van der Waals surface area contributed by atoms with Gasteiger partial charge >= 0.3 is 0 Å². The molecular formula is C25H26N4O4S. The molecule has 8 nitrogen and oxygen atoms in total. The number of amides is 1. The van der Waals surface area contributed by atoms with E-state index in [4.69, 9.17) is 14.2 Å². The second-order valence-electron chi connectivity index (χ2n) is 7.41. The van der Waals surface area contributed by atoms with Crippen molar-refractivity contribution in [3.8, 4) is 28.4 Å². The fraction of sp³-hybridized carbons (Fsp3) is 0.240. The predicted molar refractivity (Wildman–Crippen MR) is 133 cm³/mol. The summed E-state index contributed by atoms with van der Waals surface area (Å²) in [5.74, 6) is 2.36. The molecule has 0 fully saturated rings. The van der Waals surface area contributed by atoms with Gasteiger partial charge in [0, 0.05) is 18.3 Å². The van der Waals surface area contributed by atoms with Crippen molar-refractivity contribution in [2.24, 2.45) is 0 Å². The van der Waals surface area contributed by atoms with Crippen LogP contribution in [0.3, 0.4) is 0 Å². The number of ether oxygens (including phenoxy) is 3. The molecule has 0 aliphatic rings. The average molecular weight is 479 g/mol. The molecule has 0 atom stereocenters. The van der Waals surface area contributed by atoms with E-state index in [-0.39, 0.29) is 11.7 Å². The Morgan fingerprint density at radius 3 is 2.53 bits per heavy atom. The van der Waals surface area contributed by atoms with Crippen LogP contribution in [0.25, 0.3) is 22.2 Å². The number of hydrogen-bond acceptors (Lipinski definition) is 7. The number of aromatic nitrogens is 3. The van der Waals surface area contributed by atoms with E-state index in [9.17, 15) is 4.79 Å². The van der Waals surface area contributed by atoms with Gasteiger partial charge in [-0.2, -0.15) is 0 Å². The molecule has 0 spiro atoms. The minimum atomic E-state index is -0.0563. The molecule has 34 heavy (non-hydrogen) atoms. The Morgan fingerprint density at radius 1 is 1.00 bits per heavy atom. The van der Waals surface area contributed by atoms with Crippen molar-refractivity contribution in [3.63, 3.8) is 0 Å². The van der Waals surface area contributed by atoms with Crippen LogP contribution in [0, 0.1) is 0 Å². The summed E-state index contributed by atoms with van der Waals surface area (Å²) in [6.45, 7) is 0.526. The van der Waals surface area contributed by atoms with Crippen molar-refractivity contribution in [2.75, 3.05) is 33.6 Å². The second-order valence-corrected chi connectivity index (χ2v) is 8.38. The first-order chi connectivity index (χ1) is 16.6. The van der Waals surface area contributed by atoms with Crippen LogP contribution in [-0.4, -0.2) is 54.5 Å². The number of fused-ring (bicyclic) bond motifs is 1. The zero-order valence-electron chi connectivity index (χ0n) is 19.3. The van der Waals surface area contributed by atoms with Crippen molar-refractivity contribution in [3.05, 3.63) is 60.6 Å². The van der Waals surface area contributed by atoms with Gasteiger partial charge in [0.05, 0.1) is 32.6 Å². The number of benzene rings is 2. The Hall–Kier alpha value is -3.72. The summed E-state index contributed by atoms with van der Waals surface area (Å²) in [6.07, 6.45) is 4.13. The number of rotatable bonds is 10. The average Bonchev–Trinajstić information content (AvgIpc) is 3.32. The van der Waals surface area contributed by atoms with Gasteiger partial charge in [0.2, 0.25) is 5.91 Å². The van der Waals surface area contributed by atoms with Crippen LogP contribution in [0.5, 0.6) is 17.2 Å². The maximum Gasteiger partial charge on any atom is 0.230 e. The minimum Gasteiger partial charge on any atom is -0.497 e. The summed E-state index contributed by atoms with van der Waals surface area (Å²) in [6, 6.07) is 13.6. The van der Waals surface area contributed by atoms with E-state index in [0.29, 0.717) is 24.5 Å². The number of methoxy groups -OCH3 is 3. The van der Waals surface area contributed by atoms with Crippen LogP contribution < -0.4 is 19.5 Å². The van der Waals surface area contributed by atoms with E-state index in [2.05, 4.69) is 20.3 Å². The van der Waals surface area contributed by atoms with Gasteiger partial charge < -0.3 is 24.5 Å². The zero-order chi connectivity index (χ0) is 23.9. The van der Waals surface area contributed by atoms with Crippen LogP contribution >= 0.6 is 11.8 Å². The lowest BCUT2D eigenvalue weighted by Crippen LogP contribution is -2.27. The van der Waals surface area contributed by atoms with Crippen LogP contribution in [-0.2, 0) is 11.2 Å². The Labute approximate surface area is 202 Å². The normalized spacial score (nSPS) is 10.8. The standard InChI is InChI=1S/C25H26N4O4S/c1-31-18-7-5-17(6-8-18)19-13-27-24-23(19)28-15-29-25(24)34-14-22(30)26-11-10-16-4-9-20(32-2)21(12-16)33-3/h4-9,12-13,15,27H,10-11,14H2,1-3H3,(H,26,30). The molecule has 0 radical (unpaired) electrons. The summed E-state index contributed by atoms with van der Waals surface area (Å²) in [5.41, 5.74) is 4.68. The van der Waals surface area contributed by atoms with E-state index in [1.807, 2.05) is 48.7 Å². The smallest absolute Gasteiger partial charge is 0.230 e. The predicted octanol–water partition coefficient (Wildman–Crippen LogP) is 4.10. The molecule has 2 aromatic heterocycles. The molecule has 0 saturated carbocycles. The lowest BCUT2D eigenvalue weighted by molar-refractivity contribution is -0.118. The van der Waals surface area contributed by atoms with E-state index in [0.717, 1.165) is 38.5 Å². The minimum absolute atomic E-state index is 0.0563. The molecule has 9 heteroatoms. The molecule has 1 amide bonds. The Kier molecular flexibility index (Phi) is 7.54. The summed E-state index contributed by atoms with van der Waals surface area (Å²) >= 11 is 1.38. The molecule has 0 aliphatic carbocycles. The fourth-order valence-corrected chi connectivity index (χ4v) is 4.38. The Bertz CT molecular complexity index is 1270. The quantitative estimate of drug-likeness (QED) is 0.262. The SMILES string of the molecule is COc1ccc(-c2c[nH]c3c(SCC(=O)NCCc4ccc(OC)c(OC)c4)ncnc23)cc1. The first-order valence-electron chi connectivity index (χ1n) is 10.7. The Balaban J connectivity index is 1.35. The number of carbonyl (C=O) groups excluding carboxylic acids is 1. The second kappa shape index (κ2) is 10.9. The van der Waals surface area contributed by atoms with Gasteiger partial charge in [-0.25, -0.2) is 9.97 Å². The van der Waals surface area contributed by atoms with Crippen molar-refractivity contribution < 1.29 is 19.0 Å². The van der Waals surface area contributed by atoms with Crippen molar-refractivity contribution in [1.82, 2.24) is 20.3 Å². The van der Waals surface area contributed by atoms with Gasteiger partial charge in [0.15, 0.2) is 11.5 Å². The highest BCUT2D eigenvalue weighted by Gasteiger charge is 2.14. The number of nitrogens with zero attached hydrogens (tertiary/aromatic N) is 2. The molecular weight excluding hydrogens is 452 g/mol. The third-order valence-corrected chi connectivity index (χ3v) is 6.34. The molecule has 0 bridgehead atoms. The third kappa shape index (κ3) is 5.26. The van der Waals surface area contributed by atoms with Gasteiger partial charge in [0.25, 0.3) is 0 Å². The number of carbonyl (C=O) groups is 1. The largest absolute Gasteiger partial charge is 0.497 e. The van der Waals surface area contributed by atoms with Gasteiger partial charge in [-0.3, -0.25) is 4.79 Å². The monoisotopic (exact) mass is 478 g/mol. The van der Waals surface area contributed by atoms with Crippen LogP contribution in [0.15, 0.2) is 60.0 Å². The topological polar surface area (TPSA) is 98.4 Å². The van der Waals surface area contributed by atoms with Gasteiger partial charge in [-0.15, -0.1) is 0 Å². The Morgan fingerprint density at radius 2 is 1.79 bits per heavy atom. The van der Waals surface area contributed by atoms with E-state index >= 15 is 0 Å². The maximum atomic E-state index is 12.4. The summed E-state index contributed by atoms with van der Waals surface area (Å²) in [5, 5.41) is 3.70. The summed E-state index contributed by atoms with van der Waals surface area (Å²) < 4.78 is 15.8. The van der Waals surface area contributed by atoms with E-state index < -0.39 is 0 Å². The lowest BCUT2D eigenvalue weighted by atomic mass is 10.1. The number of aromatic amines is 1. The number of H-pyrrole nitrogens is 1. The lowest BCUT2D eigenvalue weighted by Gasteiger charge is -2.10. The first kappa shape index (κ1) is 23.4. The molecule has 2 heterocycles. The van der Waals surface area contributed by atoms with E-state index in [1.165, 1.54) is 18.1 Å². The highest BCUT2D eigenvalue weighted by molar-refractivity contribution is 8.00. The van der Waals surface area contributed by atoms with Gasteiger partial charge in [-0.05, 0) is 41.8 Å². The summed E-state index contributed by atoms with van der Waals surface area (Å²) in [7, 11) is 4.85.